The molecular formula is C16H19NO3. The van der Waals surface area contributed by atoms with Crippen molar-refractivity contribution in [2.24, 2.45) is 5.41 Å². The lowest BCUT2D eigenvalue weighted by atomic mass is 9.80. The normalized spacial score (nSPS) is 23.7. The summed E-state index contributed by atoms with van der Waals surface area (Å²) in [6.07, 6.45) is 3.64. The Kier molecular flexibility index (Phi) is 3.04. The van der Waals surface area contributed by atoms with E-state index in [4.69, 9.17) is 4.74 Å². The van der Waals surface area contributed by atoms with Gasteiger partial charge in [-0.15, -0.1) is 0 Å². The van der Waals surface area contributed by atoms with Crippen molar-refractivity contribution in [1.29, 1.82) is 0 Å². The molecule has 4 nitrogen and oxygen atoms in total. The predicted octanol–water partition coefficient (Wildman–Crippen LogP) is 3.17. The van der Waals surface area contributed by atoms with E-state index in [0.717, 1.165) is 25.7 Å². The molecule has 106 valence electrons. The summed E-state index contributed by atoms with van der Waals surface area (Å²) >= 11 is 0. The average Bonchev–Trinajstić information content (AvgIpc) is 2.87. The van der Waals surface area contributed by atoms with Crippen molar-refractivity contribution >= 4 is 17.4 Å². The minimum Gasteiger partial charge on any atom is -0.479 e. The van der Waals surface area contributed by atoms with Gasteiger partial charge in [-0.05, 0) is 38.0 Å². The molecule has 0 radical (unpaired) electrons. The van der Waals surface area contributed by atoms with Crippen molar-refractivity contribution < 1.29 is 14.3 Å². The highest BCUT2D eigenvalue weighted by molar-refractivity contribution is 6.03. The molecule has 1 fully saturated rings. The summed E-state index contributed by atoms with van der Waals surface area (Å²) in [7, 11) is 0. The van der Waals surface area contributed by atoms with Crippen molar-refractivity contribution in [3.05, 3.63) is 23.8 Å². The number of ether oxygens (including phenoxy) is 1. The van der Waals surface area contributed by atoms with Crippen molar-refractivity contribution in [3.8, 4) is 5.75 Å². The average molecular weight is 273 g/mol. The zero-order valence-electron chi connectivity index (χ0n) is 11.9. The van der Waals surface area contributed by atoms with Crippen LogP contribution in [0.1, 0.15) is 49.9 Å². The van der Waals surface area contributed by atoms with Crippen LogP contribution in [0.15, 0.2) is 18.2 Å². The van der Waals surface area contributed by atoms with Gasteiger partial charge in [0.2, 0.25) is 0 Å². The Labute approximate surface area is 118 Å². The molecule has 1 N–H and O–H groups in total. The van der Waals surface area contributed by atoms with E-state index in [1.165, 1.54) is 0 Å². The van der Waals surface area contributed by atoms with Gasteiger partial charge in [-0.2, -0.15) is 0 Å². The van der Waals surface area contributed by atoms with Gasteiger partial charge < -0.3 is 10.1 Å². The number of carbonyl (C=O) groups is 2. The van der Waals surface area contributed by atoms with Gasteiger partial charge in [0, 0.05) is 11.0 Å². The van der Waals surface area contributed by atoms with Crippen LogP contribution in [-0.4, -0.2) is 17.8 Å². The first-order valence-electron chi connectivity index (χ1n) is 7.16. The van der Waals surface area contributed by atoms with Crippen LogP contribution in [0.4, 0.5) is 5.69 Å². The second-order valence-corrected chi connectivity index (χ2v) is 6.06. The third kappa shape index (κ3) is 2.09. The van der Waals surface area contributed by atoms with Crippen molar-refractivity contribution in [3.63, 3.8) is 0 Å². The molecule has 1 unspecified atom stereocenters. The van der Waals surface area contributed by atoms with Gasteiger partial charge in [0.25, 0.3) is 5.91 Å². The molecule has 0 bridgehead atoms. The minimum atomic E-state index is -0.489. The van der Waals surface area contributed by atoms with Crippen LogP contribution in [0.5, 0.6) is 5.75 Å². The molecule has 0 aromatic heterocycles. The first-order valence-corrected chi connectivity index (χ1v) is 7.16. The van der Waals surface area contributed by atoms with Gasteiger partial charge in [-0.25, -0.2) is 0 Å². The second-order valence-electron chi connectivity index (χ2n) is 6.06. The Bertz CT molecular complexity index is 573. The number of hydrogen-bond donors (Lipinski definition) is 1. The van der Waals surface area contributed by atoms with E-state index in [-0.39, 0.29) is 17.1 Å². The molecule has 1 aliphatic carbocycles. The molecule has 1 atom stereocenters. The summed E-state index contributed by atoms with van der Waals surface area (Å²) < 4.78 is 5.51. The highest BCUT2D eigenvalue weighted by Crippen LogP contribution is 2.41. The van der Waals surface area contributed by atoms with Gasteiger partial charge in [-0.3, -0.25) is 9.59 Å². The summed E-state index contributed by atoms with van der Waals surface area (Å²) in [6.45, 7) is 3.75. The molecule has 0 spiro atoms. The maximum Gasteiger partial charge on any atom is 0.265 e. The lowest BCUT2D eigenvalue weighted by molar-refractivity contribution is -0.122. The smallest absolute Gasteiger partial charge is 0.265 e. The van der Waals surface area contributed by atoms with Crippen molar-refractivity contribution in [1.82, 2.24) is 0 Å². The molecule has 1 heterocycles. The van der Waals surface area contributed by atoms with E-state index in [2.05, 4.69) is 5.32 Å². The SMILES string of the molecule is CC1Oc2ccc(C(=O)C3(C)CCCC3)cc2NC1=O. The highest BCUT2D eigenvalue weighted by atomic mass is 16.5. The topological polar surface area (TPSA) is 55.4 Å². The third-order valence-corrected chi connectivity index (χ3v) is 4.43. The summed E-state index contributed by atoms with van der Waals surface area (Å²) in [5, 5.41) is 2.79. The van der Waals surface area contributed by atoms with Gasteiger partial charge in [0.1, 0.15) is 5.75 Å². The molecule has 4 heteroatoms. The van der Waals surface area contributed by atoms with Crippen LogP contribution >= 0.6 is 0 Å². The molecule has 0 saturated heterocycles. The van der Waals surface area contributed by atoms with Crippen LogP contribution < -0.4 is 10.1 Å². The van der Waals surface area contributed by atoms with Gasteiger partial charge >= 0.3 is 0 Å². The molecular weight excluding hydrogens is 254 g/mol. The van der Waals surface area contributed by atoms with E-state index in [0.29, 0.717) is 17.0 Å². The third-order valence-electron chi connectivity index (χ3n) is 4.43. The number of Topliss-reactive ketones (excluding diaryl/α,β-unsaturated/α-hetero) is 1. The fourth-order valence-electron chi connectivity index (χ4n) is 3.08. The molecule has 2 aliphatic rings. The number of amides is 1. The molecule has 1 saturated carbocycles. The first kappa shape index (κ1) is 13.2. The van der Waals surface area contributed by atoms with E-state index >= 15 is 0 Å². The van der Waals surface area contributed by atoms with E-state index < -0.39 is 6.10 Å². The largest absolute Gasteiger partial charge is 0.479 e. The highest BCUT2D eigenvalue weighted by Gasteiger charge is 2.37. The number of carbonyl (C=O) groups excluding carboxylic acids is 2. The molecule has 1 aromatic rings. The van der Waals surface area contributed by atoms with E-state index in [1.54, 1.807) is 25.1 Å². The number of nitrogens with one attached hydrogen (secondary N) is 1. The monoisotopic (exact) mass is 273 g/mol. The zero-order valence-corrected chi connectivity index (χ0v) is 11.9. The number of benzene rings is 1. The minimum absolute atomic E-state index is 0.172. The van der Waals surface area contributed by atoms with Gasteiger partial charge in [0.05, 0.1) is 5.69 Å². The molecule has 1 amide bonds. The Morgan fingerprint density at radius 3 is 2.75 bits per heavy atom. The Hall–Kier alpha value is -1.84. The van der Waals surface area contributed by atoms with Crippen LogP contribution in [0.3, 0.4) is 0 Å². The van der Waals surface area contributed by atoms with Gasteiger partial charge in [0.15, 0.2) is 11.9 Å². The fourth-order valence-corrected chi connectivity index (χ4v) is 3.08. The first-order chi connectivity index (χ1) is 9.49. The van der Waals surface area contributed by atoms with Crippen molar-refractivity contribution in [2.45, 2.75) is 45.6 Å². The van der Waals surface area contributed by atoms with Crippen molar-refractivity contribution in [2.75, 3.05) is 5.32 Å². The number of hydrogen-bond acceptors (Lipinski definition) is 3. The lowest BCUT2D eigenvalue weighted by Gasteiger charge is -2.25. The predicted molar refractivity (Wildman–Crippen MR) is 76.1 cm³/mol. The summed E-state index contributed by atoms with van der Waals surface area (Å²) in [6, 6.07) is 5.32. The molecule has 3 rings (SSSR count). The molecule has 1 aliphatic heterocycles. The van der Waals surface area contributed by atoms with Crippen LogP contribution in [0, 0.1) is 5.41 Å². The molecule has 20 heavy (non-hydrogen) atoms. The van der Waals surface area contributed by atoms with E-state index in [1.807, 2.05) is 6.92 Å². The second kappa shape index (κ2) is 4.62. The number of fused-ring (bicyclic) bond motifs is 1. The Morgan fingerprint density at radius 2 is 2.05 bits per heavy atom. The maximum absolute atomic E-state index is 12.6. The lowest BCUT2D eigenvalue weighted by Crippen LogP contribution is -2.34. The summed E-state index contributed by atoms with van der Waals surface area (Å²) in [4.78, 5) is 24.3. The summed E-state index contributed by atoms with van der Waals surface area (Å²) in [5.41, 5.74) is 1.01. The van der Waals surface area contributed by atoms with E-state index in [9.17, 15) is 9.59 Å². The van der Waals surface area contributed by atoms with Crippen LogP contribution in [0.25, 0.3) is 0 Å². The summed E-state index contributed by atoms with van der Waals surface area (Å²) in [5.74, 6) is 0.630. The fraction of sp³-hybridized carbons (Fsp3) is 0.500. The number of ketones is 1. The molecule has 1 aromatic carbocycles. The van der Waals surface area contributed by atoms with Crippen LogP contribution in [-0.2, 0) is 4.79 Å². The zero-order chi connectivity index (χ0) is 14.3. The van der Waals surface area contributed by atoms with Gasteiger partial charge in [-0.1, -0.05) is 19.8 Å². The number of rotatable bonds is 2. The van der Waals surface area contributed by atoms with Crippen LogP contribution in [0.2, 0.25) is 0 Å². The number of anilines is 1. The quantitative estimate of drug-likeness (QED) is 0.842. The Morgan fingerprint density at radius 1 is 1.35 bits per heavy atom. The Balaban J connectivity index is 1.91. The maximum atomic E-state index is 12.6. The standard InChI is InChI=1S/C16H19NO3/c1-10-15(19)17-12-9-11(5-6-13(12)20-10)14(18)16(2)7-3-4-8-16/h5-6,9-10H,3-4,7-8H2,1-2H3,(H,17,19).